The van der Waals surface area contributed by atoms with Gasteiger partial charge in [-0.2, -0.15) is 0 Å². The highest BCUT2D eigenvalue weighted by atomic mass is 32.2. The van der Waals surface area contributed by atoms with Crippen molar-refractivity contribution >= 4 is 15.9 Å². The van der Waals surface area contributed by atoms with Crippen molar-refractivity contribution in [1.29, 1.82) is 0 Å². The first-order valence-corrected chi connectivity index (χ1v) is 12.3. The number of sulfonamides is 1. The van der Waals surface area contributed by atoms with Crippen LogP contribution in [0.4, 0.5) is 0 Å². The standard InChI is InChI=1S/C23H40N2O4S/c1-9-30(28,29)25(8)14-10-13-24-20(26)12-11-17-15-18(22(2,3)4)21(27)19(16-17)23(5,6)7/h15-16,27H,9-14H2,1-8H3,(H,24,26). The van der Waals surface area contributed by atoms with Gasteiger partial charge in [0.25, 0.3) is 0 Å². The van der Waals surface area contributed by atoms with Crippen molar-refractivity contribution in [3.63, 3.8) is 0 Å². The molecule has 1 amide bonds. The number of aromatic hydroxyl groups is 1. The van der Waals surface area contributed by atoms with Gasteiger partial charge in [0, 0.05) is 26.6 Å². The second-order valence-corrected chi connectivity index (χ2v) is 12.3. The first-order valence-electron chi connectivity index (χ1n) is 10.7. The number of carbonyl (C=O) groups excluding carboxylic acids is 1. The van der Waals surface area contributed by atoms with E-state index in [0.29, 0.717) is 38.1 Å². The zero-order chi connectivity index (χ0) is 23.3. The Morgan fingerprint density at radius 3 is 2.00 bits per heavy atom. The van der Waals surface area contributed by atoms with E-state index < -0.39 is 10.0 Å². The lowest BCUT2D eigenvalue weighted by Gasteiger charge is -2.28. The van der Waals surface area contributed by atoms with Crippen molar-refractivity contribution < 1.29 is 18.3 Å². The average molecular weight is 441 g/mol. The molecule has 1 rings (SSSR count). The zero-order valence-corrected chi connectivity index (χ0v) is 20.7. The van der Waals surface area contributed by atoms with Crippen LogP contribution in [0.5, 0.6) is 5.75 Å². The Balaban J connectivity index is 2.73. The van der Waals surface area contributed by atoms with Crippen LogP contribution in [0.2, 0.25) is 0 Å². The highest BCUT2D eigenvalue weighted by molar-refractivity contribution is 7.89. The minimum Gasteiger partial charge on any atom is -0.507 e. The summed E-state index contributed by atoms with van der Waals surface area (Å²) in [6.07, 6.45) is 1.51. The lowest BCUT2D eigenvalue weighted by atomic mass is 9.78. The summed E-state index contributed by atoms with van der Waals surface area (Å²) in [6.45, 7) is 14.9. The van der Waals surface area contributed by atoms with E-state index in [-0.39, 0.29) is 22.5 Å². The normalized spacial score (nSPS) is 13.0. The maximum Gasteiger partial charge on any atom is 0.220 e. The molecule has 1 aromatic rings. The monoisotopic (exact) mass is 440 g/mol. The fraction of sp³-hybridized carbons (Fsp3) is 0.696. The van der Waals surface area contributed by atoms with E-state index in [4.69, 9.17) is 0 Å². The van der Waals surface area contributed by atoms with Crippen LogP contribution in [0.1, 0.15) is 78.0 Å². The Morgan fingerprint density at radius 2 is 1.57 bits per heavy atom. The van der Waals surface area contributed by atoms with Crippen LogP contribution < -0.4 is 5.32 Å². The predicted octanol–water partition coefficient (Wildman–Crippen LogP) is 3.71. The average Bonchev–Trinajstić information content (AvgIpc) is 2.62. The van der Waals surface area contributed by atoms with Gasteiger partial charge in [0.15, 0.2) is 0 Å². The van der Waals surface area contributed by atoms with Crippen molar-refractivity contribution in [3.8, 4) is 5.75 Å². The van der Waals surface area contributed by atoms with E-state index >= 15 is 0 Å². The number of aryl methyl sites for hydroxylation is 1. The van der Waals surface area contributed by atoms with Crippen molar-refractivity contribution in [2.75, 3.05) is 25.9 Å². The molecule has 0 aliphatic rings. The van der Waals surface area contributed by atoms with Crippen LogP contribution >= 0.6 is 0 Å². The fourth-order valence-corrected chi connectivity index (χ4v) is 4.07. The van der Waals surface area contributed by atoms with Gasteiger partial charge in [0.05, 0.1) is 5.75 Å². The molecule has 0 saturated carbocycles. The number of carbonyl (C=O) groups is 1. The van der Waals surface area contributed by atoms with Crippen molar-refractivity contribution in [2.24, 2.45) is 0 Å². The summed E-state index contributed by atoms with van der Waals surface area (Å²) in [5.74, 6) is 0.364. The maximum absolute atomic E-state index is 12.3. The summed E-state index contributed by atoms with van der Waals surface area (Å²) in [6, 6.07) is 4.00. The Kier molecular flexibility index (Phi) is 8.93. The second-order valence-electron chi connectivity index (χ2n) is 9.97. The van der Waals surface area contributed by atoms with E-state index in [2.05, 4.69) is 46.9 Å². The third-order valence-corrected chi connectivity index (χ3v) is 7.10. The van der Waals surface area contributed by atoms with E-state index in [1.54, 1.807) is 14.0 Å². The smallest absolute Gasteiger partial charge is 0.220 e. The molecule has 172 valence electrons. The third-order valence-electron chi connectivity index (χ3n) is 5.24. The molecule has 0 aliphatic heterocycles. The van der Waals surface area contributed by atoms with Crippen LogP contribution in [0.15, 0.2) is 12.1 Å². The van der Waals surface area contributed by atoms with Crippen LogP contribution in [-0.4, -0.2) is 49.6 Å². The summed E-state index contributed by atoms with van der Waals surface area (Å²) in [5.41, 5.74) is 2.42. The van der Waals surface area contributed by atoms with Gasteiger partial charge < -0.3 is 10.4 Å². The predicted molar refractivity (Wildman–Crippen MR) is 124 cm³/mol. The quantitative estimate of drug-likeness (QED) is 0.573. The van der Waals surface area contributed by atoms with E-state index in [9.17, 15) is 18.3 Å². The number of amides is 1. The Hall–Kier alpha value is -1.60. The molecule has 7 heteroatoms. The fourth-order valence-electron chi connectivity index (χ4n) is 3.22. The van der Waals surface area contributed by atoms with Gasteiger partial charge in [-0.3, -0.25) is 4.79 Å². The summed E-state index contributed by atoms with van der Waals surface area (Å²) < 4.78 is 24.8. The molecule has 0 saturated heterocycles. The number of hydrogen-bond acceptors (Lipinski definition) is 4. The highest BCUT2D eigenvalue weighted by Gasteiger charge is 2.26. The van der Waals surface area contributed by atoms with Crippen LogP contribution in [0.25, 0.3) is 0 Å². The molecule has 0 heterocycles. The molecule has 2 N–H and O–H groups in total. The molecule has 0 unspecified atom stereocenters. The van der Waals surface area contributed by atoms with Gasteiger partial charge in [-0.15, -0.1) is 0 Å². The van der Waals surface area contributed by atoms with Gasteiger partial charge >= 0.3 is 0 Å². The Morgan fingerprint density at radius 1 is 1.07 bits per heavy atom. The van der Waals surface area contributed by atoms with Crippen molar-refractivity contribution in [1.82, 2.24) is 9.62 Å². The molecular formula is C23H40N2O4S. The van der Waals surface area contributed by atoms with Gasteiger partial charge in [-0.05, 0) is 47.3 Å². The third kappa shape index (κ3) is 7.58. The van der Waals surface area contributed by atoms with E-state index in [1.807, 2.05) is 12.1 Å². The summed E-state index contributed by atoms with van der Waals surface area (Å²) >= 11 is 0. The summed E-state index contributed by atoms with van der Waals surface area (Å²) in [7, 11) is -1.62. The Bertz CT molecular complexity index is 799. The molecular weight excluding hydrogens is 400 g/mol. The molecule has 0 radical (unpaired) electrons. The molecule has 0 fully saturated rings. The molecule has 1 aromatic carbocycles. The number of phenols is 1. The van der Waals surface area contributed by atoms with E-state index in [0.717, 1.165) is 16.7 Å². The van der Waals surface area contributed by atoms with Crippen LogP contribution in [-0.2, 0) is 32.1 Å². The minimum atomic E-state index is -3.18. The molecule has 0 spiro atoms. The Labute approximate surface area is 183 Å². The highest BCUT2D eigenvalue weighted by Crippen LogP contribution is 2.39. The topological polar surface area (TPSA) is 86.7 Å². The van der Waals surface area contributed by atoms with Gasteiger partial charge in [-0.1, -0.05) is 53.7 Å². The van der Waals surface area contributed by atoms with Gasteiger partial charge in [0.2, 0.25) is 15.9 Å². The molecule has 6 nitrogen and oxygen atoms in total. The lowest BCUT2D eigenvalue weighted by molar-refractivity contribution is -0.121. The number of benzene rings is 1. The lowest BCUT2D eigenvalue weighted by Crippen LogP contribution is -2.32. The first kappa shape index (κ1) is 26.4. The SMILES string of the molecule is CCS(=O)(=O)N(C)CCCNC(=O)CCc1cc(C(C)(C)C)c(O)c(C(C)(C)C)c1. The van der Waals surface area contributed by atoms with E-state index in [1.165, 1.54) is 4.31 Å². The number of hydrogen-bond donors (Lipinski definition) is 2. The second kappa shape index (κ2) is 10.1. The van der Waals surface area contributed by atoms with Gasteiger partial charge in [0.1, 0.15) is 5.75 Å². The molecule has 0 bridgehead atoms. The van der Waals surface area contributed by atoms with Crippen LogP contribution in [0.3, 0.4) is 0 Å². The zero-order valence-electron chi connectivity index (χ0n) is 19.9. The first-order chi connectivity index (χ1) is 13.6. The maximum atomic E-state index is 12.3. The van der Waals surface area contributed by atoms with Gasteiger partial charge in [-0.25, -0.2) is 12.7 Å². The number of rotatable bonds is 9. The molecule has 0 aromatic heterocycles. The number of phenolic OH excluding ortho intramolecular Hbond substituents is 1. The molecule has 30 heavy (non-hydrogen) atoms. The summed E-state index contributed by atoms with van der Waals surface area (Å²) in [4.78, 5) is 12.3. The largest absolute Gasteiger partial charge is 0.507 e. The number of nitrogens with zero attached hydrogens (tertiary/aromatic N) is 1. The minimum absolute atomic E-state index is 0.0568. The molecule has 0 atom stereocenters. The number of nitrogens with one attached hydrogen (secondary N) is 1. The molecule has 0 aliphatic carbocycles. The van der Waals surface area contributed by atoms with Crippen LogP contribution in [0, 0.1) is 0 Å². The van der Waals surface area contributed by atoms with Crippen molar-refractivity contribution in [2.45, 2.75) is 78.6 Å². The van der Waals surface area contributed by atoms with Crippen molar-refractivity contribution in [3.05, 3.63) is 28.8 Å². The summed E-state index contributed by atoms with van der Waals surface area (Å²) in [5, 5.41) is 13.7.